The molecule has 2 aliphatic rings. The summed E-state index contributed by atoms with van der Waals surface area (Å²) in [7, 11) is 0. The summed E-state index contributed by atoms with van der Waals surface area (Å²) in [4.78, 5) is 16.3. The van der Waals surface area contributed by atoms with Gasteiger partial charge in [-0.2, -0.15) is 0 Å². The van der Waals surface area contributed by atoms with E-state index < -0.39 is 0 Å². The van der Waals surface area contributed by atoms with Crippen molar-refractivity contribution in [2.45, 2.75) is 19.3 Å². The first-order chi connectivity index (χ1) is 10.7. The van der Waals surface area contributed by atoms with Crippen LogP contribution in [0.15, 0.2) is 24.3 Å². The molecular weight excluding hydrogens is 283 g/mol. The fraction of sp³-hybridized carbons (Fsp3) is 0.588. The molecule has 2 heterocycles. The van der Waals surface area contributed by atoms with Crippen LogP contribution in [0.3, 0.4) is 0 Å². The minimum absolute atomic E-state index is 0.190. The first-order valence-corrected chi connectivity index (χ1v) is 8.09. The molecule has 0 saturated carbocycles. The van der Waals surface area contributed by atoms with Crippen LogP contribution in [-0.2, 0) is 9.53 Å². The third kappa shape index (κ3) is 3.58. The smallest absolute Gasteiger partial charge is 0.222 e. The second kappa shape index (κ2) is 7.09. The Morgan fingerprint density at radius 2 is 1.82 bits per heavy atom. The molecule has 0 aromatic heterocycles. The van der Waals surface area contributed by atoms with Crippen LogP contribution < -0.4 is 4.90 Å². The molecule has 22 heavy (non-hydrogen) atoms. The number of benzene rings is 1. The Labute approximate surface area is 130 Å². The van der Waals surface area contributed by atoms with Gasteiger partial charge in [0.15, 0.2) is 0 Å². The topological polar surface area (TPSA) is 32.8 Å². The Hall–Kier alpha value is -1.62. The van der Waals surface area contributed by atoms with E-state index in [4.69, 9.17) is 4.74 Å². The highest BCUT2D eigenvalue weighted by Crippen LogP contribution is 2.22. The van der Waals surface area contributed by atoms with Crippen LogP contribution in [0.4, 0.5) is 10.1 Å². The van der Waals surface area contributed by atoms with Gasteiger partial charge in [-0.1, -0.05) is 12.1 Å². The summed E-state index contributed by atoms with van der Waals surface area (Å²) in [5, 5.41) is 0. The monoisotopic (exact) mass is 306 g/mol. The maximum absolute atomic E-state index is 13.8. The lowest BCUT2D eigenvalue weighted by atomic mass is 9.96. The summed E-state index contributed by atoms with van der Waals surface area (Å²) in [5.41, 5.74) is 0.638. The zero-order chi connectivity index (χ0) is 15.4. The highest BCUT2D eigenvalue weighted by atomic mass is 19.1. The van der Waals surface area contributed by atoms with Gasteiger partial charge in [-0.15, -0.1) is 0 Å². The van der Waals surface area contributed by atoms with Crippen molar-refractivity contribution in [3.05, 3.63) is 30.1 Å². The van der Waals surface area contributed by atoms with Crippen molar-refractivity contribution in [2.75, 3.05) is 44.3 Å². The quantitative estimate of drug-likeness (QED) is 0.859. The zero-order valence-corrected chi connectivity index (χ0v) is 12.8. The summed E-state index contributed by atoms with van der Waals surface area (Å²) < 4.78 is 19.1. The molecule has 0 atom stereocenters. The van der Waals surface area contributed by atoms with Crippen molar-refractivity contribution in [1.82, 2.24) is 4.90 Å². The first kappa shape index (κ1) is 15.3. The lowest BCUT2D eigenvalue weighted by Crippen LogP contribution is -2.49. The number of nitrogens with zero attached hydrogens (tertiary/aromatic N) is 2. The number of ether oxygens (including phenoxy) is 1. The van der Waals surface area contributed by atoms with E-state index in [9.17, 15) is 9.18 Å². The number of hydrogen-bond acceptors (Lipinski definition) is 3. The van der Waals surface area contributed by atoms with Crippen LogP contribution in [-0.4, -0.2) is 50.2 Å². The minimum atomic E-state index is -0.190. The number of amides is 1. The van der Waals surface area contributed by atoms with E-state index >= 15 is 0 Å². The molecular formula is C17H23FN2O2. The van der Waals surface area contributed by atoms with Crippen molar-refractivity contribution in [2.24, 2.45) is 5.92 Å². The molecule has 0 spiro atoms. The molecule has 0 unspecified atom stereocenters. The minimum Gasteiger partial charge on any atom is -0.381 e. The average Bonchev–Trinajstić information content (AvgIpc) is 2.56. The number of hydrogen-bond donors (Lipinski definition) is 0. The van der Waals surface area contributed by atoms with E-state index in [0.29, 0.717) is 44.2 Å². The molecule has 0 aliphatic carbocycles. The van der Waals surface area contributed by atoms with Crippen LogP contribution in [0.5, 0.6) is 0 Å². The Kier molecular flexibility index (Phi) is 4.93. The second-order valence-electron chi connectivity index (χ2n) is 6.08. The summed E-state index contributed by atoms with van der Waals surface area (Å²) in [5.74, 6) is 0.510. The number of para-hydroxylation sites is 1. The Bertz CT molecular complexity index is 509. The van der Waals surface area contributed by atoms with Crippen molar-refractivity contribution < 1.29 is 13.9 Å². The van der Waals surface area contributed by atoms with Crippen LogP contribution in [0.25, 0.3) is 0 Å². The predicted molar refractivity (Wildman–Crippen MR) is 83.4 cm³/mol. The van der Waals surface area contributed by atoms with Gasteiger partial charge < -0.3 is 14.5 Å². The van der Waals surface area contributed by atoms with E-state index in [-0.39, 0.29) is 11.7 Å². The highest BCUT2D eigenvalue weighted by Gasteiger charge is 2.25. The first-order valence-electron chi connectivity index (χ1n) is 8.09. The normalized spacial score (nSPS) is 20.2. The van der Waals surface area contributed by atoms with Gasteiger partial charge >= 0.3 is 0 Å². The number of anilines is 1. The molecule has 2 fully saturated rings. The molecule has 1 aromatic rings. The number of piperazine rings is 1. The van der Waals surface area contributed by atoms with Crippen LogP contribution >= 0.6 is 0 Å². The number of halogens is 1. The van der Waals surface area contributed by atoms with Gasteiger partial charge in [0.25, 0.3) is 0 Å². The highest BCUT2D eigenvalue weighted by molar-refractivity contribution is 5.76. The van der Waals surface area contributed by atoms with Gasteiger partial charge in [-0.25, -0.2) is 4.39 Å². The molecule has 120 valence electrons. The van der Waals surface area contributed by atoms with Crippen molar-refractivity contribution in [3.63, 3.8) is 0 Å². The van der Waals surface area contributed by atoms with Crippen molar-refractivity contribution in [1.29, 1.82) is 0 Å². The largest absolute Gasteiger partial charge is 0.381 e. The molecule has 1 aromatic carbocycles. The van der Waals surface area contributed by atoms with Gasteiger partial charge in [-0.3, -0.25) is 4.79 Å². The van der Waals surface area contributed by atoms with Gasteiger partial charge in [0.1, 0.15) is 5.82 Å². The Balaban J connectivity index is 1.51. The number of carbonyl (C=O) groups excluding carboxylic acids is 1. The number of carbonyl (C=O) groups is 1. The summed E-state index contributed by atoms with van der Waals surface area (Å²) in [6.45, 7) is 4.30. The SMILES string of the molecule is O=C(CC1CCOCC1)N1CCN(c2ccccc2F)CC1. The molecule has 0 bridgehead atoms. The zero-order valence-electron chi connectivity index (χ0n) is 12.8. The standard InChI is InChI=1S/C17H23FN2O2/c18-15-3-1-2-4-16(15)19-7-9-20(10-8-19)17(21)13-14-5-11-22-12-6-14/h1-4,14H,5-13H2. The third-order valence-corrected chi connectivity index (χ3v) is 4.63. The lowest BCUT2D eigenvalue weighted by Gasteiger charge is -2.37. The maximum Gasteiger partial charge on any atom is 0.222 e. The summed E-state index contributed by atoms with van der Waals surface area (Å²) in [6, 6.07) is 6.83. The van der Waals surface area contributed by atoms with E-state index in [2.05, 4.69) is 0 Å². The van der Waals surface area contributed by atoms with Crippen LogP contribution in [0, 0.1) is 11.7 Å². The fourth-order valence-electron chi connectivity index (χ4n) is 3.23. The maximum atomic E-state index is 13.8. The van der Waals surface area contributed by atoms with Crippen molar-refractivity contribution in [3.8, 4) is 0 Å². The lowest BCUT2D eigenvalue weighted by molar-refractivity contribution is -0.133. The van der Waals surface area contributed by atoms with Crippen LogP contribution in [0.2, 0.25) is 0 Å². The molecule has 1 amide bonds. The number of rotatable bonds is 3. The van der Waals surface area contributed by atoms with E-state index in [1.54, 1.807) is 12.1 Å². The second-order valence-corrected chi connectivity index (χ2v) is 6.08. The molecule has 0 radical (unpaired) electrons. The predicted octanol–water partition coefficient (Wildman–Crippen LogP) is 2.29. The van der Waals surface area contributed by atoms with E-state index in [1.807, 2.05) is 15.9 Å². The summed E-state index contributed by atoms with van der Waals surface area (Å²) in [6.07, 6.45) is 2.60. The van der Waals surface area contributed by atoms with Gasteiger partial charge in [0.05, 0.1) is 5.69 Å². The fourth-order valence-corrected chi connectivity index (χ4v) is 3.23. The van der Waals surface area contributed by atoms with Gasteiger partial charge in [0.2, 0.25) is 5.91 Å². The molecule has 0 N–H and O–H groups in total. The molecule has 4 nitrogen and oxygen atoms in total. The van der Waals surface area contributed by atoms with Gasteiger partial charge in [0, 0.05) is 45.8 Å². The van der Waals surface area contributed by atoms with E-state index in [1.165, 1.54) is 6.07 Å². The van der Waals surface area contributed by atoms with Gasteiger partial charge in [-0.05, 0) is 30.9 Å². The molecule has 5 heteroatoms. The van der Waals surface area contributed by atoms with E-state index in [0.717, 1.165) is 26.1 Å². The molecule has 2 saturated heterocycles. The Morgan fingerprint density at radius 1 is 1.14 bits per heavy atom. The van der Waals surface area contributed by atoms with Crippen molar-refractivity contribution >= 4 is 11.6 Å². The average molecular weight is 306 g/mol. The third-order valence-electron chi connectivity index (χ3n) is 4.63. The van der Waals surface area contributed by atoms with Crippen LogP contribution in [0.1, 0.15) is 19.3 Å². The Morgan fingerprint density at radius 3 is 2.50 bits per heavy atom. The molecule has 2 aliphatic heterocycles. The summed E-state index contributed by atoms with van der Waals surface area (Å²) >= 11 is 0. The molecule has 3 rings (SSSR count).